The second kappa shape index (κ2) is 10.3. The smallest absolute Gasteiger partial charge is 0.303 e. The number of carboxylic acid groups (broad SMARTS) is 1. The van der Waals surface area contributed by atoms with E-state index in [1.165, 1.54) is 0 Å². The molecule has 5 rings (SSSR count). The third-order valence-electron chi connectivity index (χ3n) is 5.97. The van der Waals surface area contributed by atoms with Crippen LogP contribution < -0.4 is 15.0 Å². The van der Waals surface area contributed by atoms with Crippen LogP contribution in [0.2, 0.25) is 0 Å². The van der Waals surface area contributed by atoms with Crippen molar-refractivity contribution in [2.24, 2.45) is 0 Å². The number of benzene rings is 2. The Morgan fingerprint density at radius 3 is 2.44 bits per heavy atom. The lowest BCUT2D eigenvalue weighted by molar-refractivity contribution is -0.137. The molecule has 1 atom stereocenters. The van der Waals surface area contributed by atoms with Gasteiger partial charge in [-0.2, -0.15) is 0 Å². The van der Waals surface area contributed by atoms with E-state index in [0.29, 0.717) is 18.8 Å². The molecule has 1 aliphatic heterocycles. The Bertz CT molecular complexity index is 1410. The van der Waals surface area contributed by atoms with Gasteiger partial charge >= 0.3 is 5.97 Å². The Labute approximate surface area is 213 Å². The van der Waals surface area contributed by atoms with Crippen LogP contribution in [0.4, 0.5) is 5.69 Å². The summed E-state index contributed by atoms with van der Waals surface area (Å²) in [7, 11) is 0. The summed E-state index contributed by atoms with van der Waals surface area (Å²) in [6, 6.07) is 19.5. The standard InChI is InChI=1S/C27H24N4O4S/c32-25-16-29-27(36)31(25)24-14-23(30-22-11-12-28-15-21(22)24)19-5-3-17(4-6-19)18-7-9-20(10-8-18)35-13-1-2-26(33)34/h3-12,14-15,27,29,36H,1-2,13,16H2,(H,33,34). The molecule has 36 heavy (non-hydrogen) atoms. The lowest BCUT2D eigenvalue weighted by Gasteiger charge is -2.22. The lowest BCUT2D eigenvalue weighted by Crippen LogP contribution is -2.33. The molecule has 9 heteroatoms. The number of hydrogen-bond acceptors (Lipinski definition) is 7. The summed E-state index contributed by atoms with van der Waals surface area (Å²) in [6.45, 7) is 0.596. The van der Waals surface area contributed by atoms with Gasteiger partial charge in [0, 0.05) is 29.8 Å². The number of nitrogens with zero attached hydrogens (tertiary/aromatic N) is 3. The molecule has 3 heterocycles. The minimum absolute atomic E-state index is 0.0537. The summed E-state index contributed by atoms with van der Waals surface area (Å²) in [5, 5.41) is 12.6. The fourth-order valence-corrected chi connectivity index (χ4v) is 4.49. The van der Waals surface area contributed by atoms with Gasteiger partial charge in [0.05, 0.1) is 30.0 Å². The van der Waals surface area contributed by atoms with Crippen LogP contribution >= 0.6 is 12.6 Å². The van der Waals surface area contributed by atoms with Gasteiger partial charge in [0.1, 0.15) is 11.2 Å². The van der Waals surface area contributed by atoms with E-state index in [1.807, 2.05) is 60.7 Å². The zero-order chi connectivity index (χ0) is 25.1. The Balaban J connectivity index is 1.38. The first kappa shape index (κ1) is 23.8. The minimum atomic E-state index is -0.822. The number of aliphatic carboxylic acids is 1. The number of carbonyl (C=O) groups is 2. The first-order valence-corrected chi connectivity index (χ1v) is 12.0. The number of ether oxygens (including phenoxy) is 1. The van der Waals surface area contributed by atoms with E-state index in [9.17, 15) is 9.59 Å². The third-order valence-corrected chi connectivity index (χ3v) is 6.38. The predicted molar refractivity (Wildman–Crippen MR) is 141 cm³/mol. The van der Waals surface area contributed by atoms with E-state index in [-0.39, 0.29) is 18.9 Å². The van der Waals surface area contributed by atoms with Gasteiger partial charge in [0.2, 0.25) is 5.91 Å². The molecule has 1 fully saturated rings. The number of anilines is 1. The van der Waals surface area contributed by atoms with Gasteiger partial charge in [-0.1, -0.05) is 36.4 Å². The Morgan fingerprint density at radius 2 is 1.78 bits per heavy atom. The van der Waals surface area contributed by atoms with Crippen molar-refractivity contribution in [1.29, 1.82) is 0 Å². The molecule has 0 bridgehead atoms. The highest BCUT2D eigenvalue weighted by atomic mass is 32.1. The highest BCUT2D eigenvalue weighted by Gasteiger charge is 2.31. The zero-order valence-corrected chi connectivity index (χ0v) is 20.2. The highest BCUT2D eigenvalue weighted by Crippen LogP contribution is 2.34. The molecule has 0 spiro atoms. The molecule has 1 unspecified atom stereocenters. The maximum absolute atomic E-state index is 12.5. The third kappa shape index (κ3) is 5.02. The molecule has 182 valence electrons. The highest BCUT2D eigenvalue weighted by molar-refractivity contribution is 7.81. The number of thiol groups is 1. The first-order chi connectivity index (χ1) is 17.5. The molecule has 2 N–H and O–H groups in total. The van der Waals surface area contributed by atoms with Crippen LogP contribution in [0, 0.1) is 0 Å². The summed E-state index contributed by atoms with van der Waals surface area (Å²) in [6.07, 6.45) is 3.97. The van der Waals surface area contributed by atoms with Crippen LogP contribution in [0.5, 0.6) is 5.75 Å². The summed E-state index contributed by atoms with van der Waals surface area (Å²) in [4.78, 5) is 33.8. The van der Waals surface area contributed by atoms with Crippen LogP contribution in [0.3, 0.4) is 0 Å². The number of pyridine rings is 2. The molecule has 0 radical (unpaired) electrons. The van der Waals surface area contributed by atoms with E-state index < -0.39 is 11.5 Å². The van der Waals surface area contributed by atoms with Gasteiger partial charge in [-0.05, 0) is 41.8 Å². The molecular weight excluding hydrogens is 476 g/mol. The fraction of sp³-hybridized carbons (Fsp3) is 0.185. The average Bonchev–Trinajstić information content (AvgIpc) is 3.24. The topological polar surface area (TPSA) is 105 Å². The molecule has 1 amide bonds. The van der Waals surface area contributed by atoms with Gasteiger partial charge in [-0.3, -0.25) is 24.8 Å². The first-order valence-electron chi connectivity index (χ1n) is 11.5. The molecule has 0 aliphatic carbocycles. The second-order valence-corrected chi connectivity index (χ2v) is 8.87. The Morgan fingerprint density at radius 1 is 1.08 bits per heavy atom. The van der Waals surface area contributed by atoms with E-state index in [0.717, 1.165) is 39.0 Å². The summed E-state index contributed by atoms with van der Waals surface area (Å²) >= 11 is 4.52. The van der Waals surface area contributed by atoms with Crippen molar-refractivity contribution in [2.45, 2.75) is 18.3 Å². The molecule has 4 aromatic rings. The molecular formula is C27H24N4O4S. The molecule has 2 aromatic carbocycles. The minimum Gasteiger partial charge on any atom is -0.494 e. The summed E-state index contributed by atoms with van der Waals surface area (Å²) < 4.78 is 5.61. The van der Waals surface area contributed by atoms with Crippen molar-refractivity contribution < 1.29 is 19.4 Å². The molecule has 0 saturated carbocycles. The van der Waals surface area contributed by atoms with E-state index in [1.54, 1.807) is 17.3 Å². The van der Waals surface area contributed by atoms with E-state index in [4.69, 9.17) is 14.8 Å². The van der Waals surface area contributed by atoms with Crippen LogP contribution in [0.25, 0.3) is 33.3 Å². The predicted octanol–water partition coefficient (Wildman–Crippen LogP) is 4.36. The van der Waals surface area contributed by atoms with Crippen LogP contribution in [0.1, 0.15) is 12.8 Å². The van der Waals surface area contributed by atoms with Gasteiger partial charge < -0.3 is 9.84 Å². The number of rotatable bonds is 8. The number of carboxylic acids is 1. The van der Waals surface area contributed by atoms with Crippen molar-refractivity contribution in [2.75, 3.05) is 18.1 Å². The van der Waals surface area contributed by atoms with Crippen molar-refractivity contribution in [3.63, 3.8) is 0 Å². The van der Waals surface area contributed by atoms with Crippen LogP contribution in [-0.2, 0) is 9.59 Å². The number of carbonyl (C=O) groups excluding carboxylic acids is 1. The average molecular weight is 501 g/mol. The summed E-state index contributed by atoms with van der Waals surface area (Å²) in [5.41, 5.74) is 4.80. The fourth-order valence-electron chi connectivity index (χ4n) is 4.15. The van der Waals surface area contributed by atoms with Gasteiger partial charge in [-0.15, -0.1) is 12.6 Å². The van der Waals surface area contributed by atoms with Crippen molar-refractivity contribution in [3.8, 4) is 28.1 Å². The molecule has 1 aliphatic rings. The zero-order valence-electron chi connectivity index (χ0n) is 19.3. The second-order valence-electron chi connectivity index (χ2n) is 8.39. The van der Waals surface area contributed by atoms with Crippen molar-refractivity contribution >= 4 is 41.1 Å². The van der Waals surface area contributed by atoms with Crippen LogP contribution in [0.15, 0.2) is 73.1 Å². The molecule has 2 aromatic heterocycles. The molecule has 8 nitrogen and oxygen atoms in total. The van der Waals surface area contributed by atoms with Gasteiger partial charge in [-0.25, -0.2) is 4.98 Å². The normalized spacial score (nSPS) is 15.4. The number of amides is 1. The van der Waals surface area contributed by atoms with E-state index >= 15 is 0 Å². The van der Waals surface area contributed by atoms with Crippen LogP contribution in [-0.4, -0.2) is 45.6 Å². The number of fused-ring (bicyclic) bond motifs is 1. The SMILES string of the molecule is O=C(O)CCCOc1ccc(-c2ccc(-c3cc(N4C(=O)CNC4S)c4cnccc4n3)cc2)cc1. The quantitative estimate of drug-likeness (QED) is 0.244. The van der Waals surface area contributed by atoms with Gasteiger partial charge in [0.25, 0.3) is 0 Å². The number of nitrogens with one attached hydrogen (secondary N) is 1. The van der Waals surface area contributed by atoms with Crippen molar-refractivity contribution in [1.82, 2.24) is 15.3 Å². The van der Waals surface area contributed by atoms with Crippen molar-refractivity contribution in [3.05, 3.63) is 73.1 Å². The molecule has 1 saturated heterocycles. The summed E-state index contributed by atoms with van der Waals surface area (Å²) in [5.74, 6) is -0.171. The van der Waals surface area contributed by atoms with Gasteiger partial charge in [0.15, 0.2) is 0 Å². The Kier molecular flexibility index (Phi) is 6.84. The lowest BCUT2D eigenvalue weighted by atomic mass is 10.0. The Hall–Kier alpha value is -3.95. The number of aromatic nitrogens is 2. The largest absolute Gasteiger partial charge is 0.494 e. The monoisotopic (exact) mass is 500 g/mol. The van der Waals surface area contributed by atoms with E-state index in [2.05, 4.69) is 22.9 Å². The number of hydrogen-bond donors (Lipinski definition) is 3. The maximum Gasteiger partial charge on any atom is 0.303 e. The maximum atomic E-state index is 12.5.